The fraction of sp³-hybridized carbons (Fsp3) is 0.0588. The summed E-state index contributed by atoms with van der Waals surface area (Å²) in [6, 6.07) is 13.7. The first kappa shape index (κ1) is 13.4. The fourth-order valence-corrected chi connectivity index (χ4v) is 2.61. The Balaban J connectivity index is 1.78. The molecule has 0 aliphatic carbocycles. The Kier molecular flexibility index (Phi) is 2.84. The first-order valence-corrected chi connectivity index (χ1v) is 7.03. The van der Waals surface area contributed by atoms with Crippen molar-refractivity contribution in [2.24, 2.45) is 0 Å². The molecule has 0 bridgehead atoms. The molecule has 0 N–H and O–H groups in total. The number of carbonyl (C=O) groups excluding carboxylic acids is 2. The maximum atomic E-state index is 12.5. The molecular weight excluding hydrogens is 294 g/mol. The maximum absolute atomic E-state index is 12.5. The zero-order valence-corrected chi connectivity index (χ0v) is 12.2. The van der Waals surface area contributed by atoms with Gasteiger partial charge in [-0.25, -0.2) is 4.90 Å². The van der Waals surface area contributed by atoms with Gasteiger partial charge in [0.15, 0.2) is 0 Å². The van der Waals surface area contributed by atoms with Crippen LogP contribution in [0.4, 0.5) is 5.69 Å². The molecule has 3 aromatic rings. The molecule has 112 valence electrons. The minimum Gasteiger partial charge on any atom is -0.421 e. The van der Waals surface area contributed by atoms with Crippen molar-refractivity contribution in [2.75, 3.05) is 4.90 Å². The zero-order chi connectivity index (χ0) is 16.0. The molecule has 0 saturated heterocycles. The van der Waals surface area contributed by atoms with Gasteiger partial charge in [0.1, 0.15) is 0 Å². The molecular formula is C17H11N3O3. The Hall–Kier alpha value is -3.28. The van der Waals surface area contributed by atoms with Crippen molar-refractivity contribution in [3.63, 3.8) is 0 Å². The SMILES string of the molecule is Cc1nnc(-c2cccc(N3C(=O)c4ccccc4C3=O)c2)o1. The number of carbonyl (C=O) groups is 2. The van der Waals surface area contributed by atoms with Gasteiger partial charge in [0.05, 0.1) is 16.8 Å². The standard InChI is InChI=1S/C17H11N3O3/c1-10-18-19-15(23-10)11-5-4-6-12(9-11)20-16(21)13-7-2-3-8-14(13)17(20)22/h2-9H,1H3. The van der Waals surface area contributed by atoms with E-state index in [0.717, 1.165) is 4.90 Å². The van der Waals surface area contributed by atoms with Gasteiger partial charge < -0.3 is 4.42 Å². The Bertz CT molecular complexity index is 911. The van der Waals surface area contributed by atoms with E-state index in [9.17, 15) is 9.59 Å². The topological polar surface area (TPSA) is 76.3 Å². The molecule has 2 aromatic carbocycles. The summed E-state index contributed by atoms with van der Waals surface area (Å²) in [4.78, 5) is 26.2. The smallest absolute Gasteiger partial charge is 0.266 e. The number of imide groups is 1. The summed E-state index contributed by atoms with van der Waals surface area (Å²) in [7, 11) is 0. The molecule has 4 rings (SSSR count). The minimum absolute atomic E-state index is 0.329. The predicted molar refractivity (Wildman–Crippen MR) is 82.1 cm³/mol. The third-order valence-electron chi connectivity index (χ3n) is 3.67. The van der Waals surface area contributed by atoms with Crippen molar-refractivity contribution in [3.05, 3.63) is 65.5 Å². The first-order valence-electron chi connectivity index (χ1n) is 7.03. The predicted octanol–water partition coefficient (Wildman–Crippen LogP) is 2.85. The van der Waals surface area contributed by atoms with Crippen molar-refractivity contribution < 1.29 is 14.0 Å². The zero-order valence-electron chi connectivity index (χ0n) is 12.2. The van der Waals surface area contributed by atoms with Crippen molar-refractivity contribution in [1.82, 2.24) is 10.2 Å². The van der Waals surface area contributed by atoms with E-state index in [-0.39, 0.29) is 11.8 Å². The number of hydrogen-bond donors (Lipinski definition) is 0. The highest BCUT2D eigenvalue weighted by molar-refractivity contribution is 6.34. The van der Waals surface area contributed by atoms with Crippen LogP contribution in [0.15, 0.2) is 52.9 Å². The van der Waals surface area contributed by atoms with E-state index in [1.807, 2.05) is 0 Å². The third-order valence-corrected chi connectivity index (χ3v) is 3.67. The van der Waals surface area contributed by atoms with E-state index in [2.05, 4.69) is 10.2 Å². The fourth-order valence-electron chi connectivity index (χ4n) is 2.61. The molecule has 6 nitrogen and oxygen atoms in total. The van der Waals surface area contributed by atoms with Gasteiger partial charge in [0.25, 0.3) is 11.8 Å². The Morgan fingerprint density at radius 1 is 0.913 bits per heavy atom. The monoisotopic (exact) mass is 305 g/mol. The van der Waals surface area contributed by atoms with Crippen LogP contribution in [0.1, 0.15) is 26.6 Å². The lowest BCUT2D eigenvalue weighted by molar-refractivity contribution is 0.0926. The molecule has 0 unspecified atom stereocenters. The second kappa shape index (κ2) is 4.88. The lowest BCUT2D eigenvalue weighted by Gasteiger charge is -2.14. The van der Waals surface area contributed by atoms with Crippen LogP contribution < -0.4 is 4.90 Å². The number of rotatable bonds is 2. The van der Waals surface area contributed by atoms with Crippen molar-refractivity contribution in [3.8, 4) is 11.5 Å². The van der Waals surface area contributed by atoms with E-state index < -0.39 is 0 Å². The molecule has 0 radical (unpaired) electrons. The van der Waals surface area contributed by atoms with Gasteiger partial charge in [-0.15, -0.1) is 10.2 Å². The van der Waals surface area contributed by atoms with E-state index >= 15 is 0 Å². The van der Waals surface area contributed by atoms with Gasteiger partial charge in [0, 0.05) is 12.5 Å². The number of benzene rings is 2. The molecule has 1 aliphatic heterocycles. The summed E-state index contributed by atoms with van der Waals surface area (Å²) < 4.78 is 5.39. The average molecular weight is 305 g/mol. The number of aryl methyl sites for hydroxylation is 1. The van der Waals surface area contributed by atoms with Crippen molar-refractivity contribution in [1.29, 1.82) is 0 Å². The van der Waals surface area contributed by atoms with Gasteiger partial charge in [-0.1, -0.05) is 18.2 Å². The lowest BCUT2D eigenvalue weighted by Crippen LogP contribution is -2.29. The molecule has 0 atom stereocenters. The van der Waals surface area contributed by atoms with Crippen molar-refractivity contribution >= 4 is 17.5 Å². The van der Waals surface area contributed by atoms with E-state index in [4.69, 9.17) is 4.42 Å². The Labute approximate surface area is 131 Å². The van der Waals surface area contributed by atoms with Crippen LogP contribution in [0.5, 0.6) is 0 Å². The largest absolute Gasteiger partial charge is 0.421 e. The van der Waals surface area contributed by atoms with Crippen LogP contribution in [0.25, 0.3) is 11.5 Å². The van der Waals surface area contributed by atoms with E-state index in [0.29, 0.717) is 34.2 Å². The van der Waals surface area contributed by atoms with Crippen LogP contribution in [-0.2, 0) is 0 Å². The quantitative estimate of drug-likeness (QED) is 0.680. The second-order valence-corrected chi connectivity index (χ2v) is 5.17. The molecule has 0 saturated carbocycles. The summed E-state index contributed by atoms with van der Waals surface area (Å²) >= 11 is 0. The molecule has 1 aliphatic rings. The molecule has 6 heteroatoms. The van der Waals surface area contributed by atoms with Crippen LogP contribution in [0.2, 0.25) is 0 Å². The molecule has 1 aromatic heterocycles. The number of fused-ring (bicyclic) bond motifs is 1. The summed E-state index contributed by atoms with van der Waals surface area (Å²) in [5.41, 5.74) is 1.96. The van der Waals surface area contributed by atoms with Crippen LogP contribution in [0.3, 0.4) is 0 Å². The maximum Gasteiger partial charge on any atom is 0.266 e. The highest BCUT2D eigenvalue weighted by Gasteiger charge is 2.36. The minimum atomic E-state index is -0.329. The number of aromatic nitrogens is 2. The lowest BCUT2D eigenvalue weighted by atomic mass is 10.1. The van der Waals surface area contributed by atoms with Gasteiger partial charge in [-0.05, 0) is 30.3 Å². The van der Waals surface area contributed by atoms with Gasteiger partial charge >= 0.3 is 0 Å². The van der Waals surface area contributed by atoms with Crippen molar-refractivity contribution in [2.45, 2.75) is 6.92 Å². The summed E-state index contributed by atoms with van der Waals surface area (Å²) in [5.74, 6) is 0.140. The molecule has 0 fully saturated rings. The molecule has 23 heavy (non-hydrogen) atoms. The van der Waals surface area contributed by atoms with Crippen LogP contribution >= 0.6 is 0 Å². The van der Waals surface area contributed by atoms with Crippen LogP contribution in [0, 0.1) is 6.92 Å². The Morgan fingerprint density at radius 3 is 2.22 bits per heavy atom. The number of amides is 2. The van der Waals surface area contributed by atoms with E-state index in [1.54, 1.807) is 55.5 Å². The third kappa shape index (κ3) is 2.03. The van der Waals surface area contributed by atoms with Gasteiger partial charge in [-0.2, -0.15) is 0 Å². The Morgan fingerprint density at radius 2 is 1.61 bits per heavy atom. The van der Waals surface area contributed by atoms with Crippen LogP contribution in [-0.4, -0.2) is 22.0 Å². The number of hydrogen-bond acceptors (Lipinski definition) is 5. The number of anilines is 1. The second-order valence-electron chi connectivity index (χ2n) is 5.17. The average Bonchev–Trinajstić information content (AvgIpc) is 3.11. The highest BCUT2D eigenvalue weighted by Crippen LogP contribution is 2.30. The normalized spacial score (nSPS) is 13.5. The van der Waals surface area contributed by atoms with Gasteiger partial charge in [-0.3, -0.25) is 9.59 Å². The molecule has 2 heterocycles. The van der Waals surface area contributed by atoms with E-state index in [1.165, 1.54) is 0 Å². The molecule has 2 amide bonds. The van der Waals surface area contributed by atoms with Gasteiger partial charge in [0.2, 0.25) is 11.8 Å². The summed E-state index contributed by atoms with van der Waals surface area (Å²) in [5, 5.41) is 7.74. The summed E-state index contributed by atoms with van der Waals surface area (Å²) in [6.07, 6.45) is 0. The first-order chi connectivity index (χ1) is 11.1. The summed E-state index contributed by atoms with van der Waals surface area (Å²) in [6.45, 7) is 1.70. The number of nitrogens with zero attached hydrogens (tertiary/aromatic N) is 3. The highest BCUT2D eigenvalue weighted by atomic mass is 16.4. The molecule has 0 spiro atoms.